The van der Waals surface area contributed by atoms with Gasteiger partial charge in [0.05, 0.1) is 23.4 Å². The number of nitrogens with one attached hydrogen (secondary N) is 1. The van der Waals surface area contributed by atoms with Crippen LogP contribution in [0.25, 0.3) is 15.9 Å². The lowest BCUT2D eigenvalue weighted by Crippen LogP contribution is -2.34. The average molecular weight is 491 g/mol. The highest BCUT2D eigenvalue weighted by Gasteiger charge is 2.26. The lowest BCUT2D eigenvalue weighted by molar-refractivity contribution is -0.129. The van der Waals surface area contributed by atoms with Gasteiger partial charge in [-0.25, -0.2) is 4.98 Å². The normalized spacial score (nSPS) is 13.0. The van der Waals surface area contributed by atoms with Gasteiger partial charge in [-0.3, -0.25) is 19.0 Å². The molecular formula is C25H22N4O3S2. The number of para-hydroxylation sites is 2. The SMILES string of the molecule is CC(=O)N1CCc2c(sc3nc(SCC(=O)Nc4ccccc4)n(-c4ccccc4)c(=O)c23)C1. The minimum Gasteiger partial charge on any atom is -0.337 e. The van der Waals surface area contributed by atoms with E-state index in [4.69, 9.17) is 4.98 Å². The van der Waals surface area contributed by atoms with Gasteiger partial charge in [0.2, 0.25) is 11.8 Å². The predicted octanol–water partition coefficient (Wildman–Crippen LogP) is 4.08. The number of amides is 2. The zero-order valence-electron chi connectivity index (χ0n) is 18.5. The van der Waals surface area contributed by atoms with E-state index in [1.165, 1.54) is 23.1 Å². The van der Waals surface area contributed by atoms with E-state index in [-0.39, 0.29) is 23.1 Å². The monoisotopic (exact) mass is 490 g/mol. The summed E-state index contributed by atoms with van der Waals surface area (Å²) in [6, 6.07) is 18.6. The van der Waals surface area contributed by atoms with E-state index in [0.717, 1.165) is 16.1 Å². The average Bonchev–Trinajstić information content (AvgIpc) is 3.22. The van der Waals surface area contributed by atoms with Crippen molar-refractivity contribution in [2.45, 2.75) is 25.0 Å². The van der Waals surface area contributed by atoms with Crippen molar-refractivity contribution in [3.8, 4) is 5.69 Å². The minimum absolute atomic E-state index is 0.0263. The Morgan fingerprint density at radius 1 is 1.09 bits per heavy atom. The summed E-state index contributed by atoms with van der Waals surface area (Å²) >= 11 is 2.69. The largest absolute Gasteiger partial charge is 0.337 e. The van der Waals surface area contributed by atoms with Crippen molar-refractivity contribution in [3.63, 3.8) is 0 Å². The molecule has 0 radical (unpaired) electrons. The van der Waals surface area contributed by atoms with Gasteiger partial charge in [-0.05, 0) is 36.2 Å². The molecule has 0 saturated heterocycles. The molecule has 2 aromatic carbocycles. The van der Waals surface area contributed by atoms with Crippen LogP contribution in [-0.2, 0) is 22.6 Å². The lowest BCUT2D eigenvalue weighted by Gasteiger charge is -2.25. The first kappa shape index (κ1) is 22.4. The topological polar surface area (TPSA) is 84.3 Å². The summed E-state index contributed by atoms with van der Waals surface area (Å²) < 4.78 is 1.59. The van der Waals surface area contributed by atoms with Crippen molar-refractivity contribution in [2.24, 2.45) is 0 Å². The van der Waals surface area contributed by atoms with Crippen LogP contribution in [-0.4, -0.2) is 38.6 Å². The van der Waals surface area contributed by atoms with Gasteiger partial charge < -0.3 is 10.2 Å². The van der Waals surface area contributed by atoms with E-state index in [1.54, 1.807) is 16.4 Å². The molecule has 7 nitrogen and oxygen atoms in total. The summed E-state index contributed by atoms with van der Waals surface area (Å²) in [6.07, 6.45) is 0.632. The molecule has 0 saturated carbocycles. The fourth-order valence-electron chi connectivity index (χ4n) is 4.04. The molecule has 0 spiro atoms. The van der Waals surface area contributed by atoms with Gasteiger partial charge in [0.1, 0.15) is 4.83 Å². The van der Waals surface area contributed by atoms with E-state index in [0.29, 0.717) is 40.6 Å². The number of thioether (sulfide) groups is 1. The van der Waals surface area contributed by atoms with E-state index >= 15 is 0 Å². The van der Waals surface area contributed by atoms with Crippen molar-refractivity contribution in [2.75, 3.05) is 17.6 Å². The Morgan fingerprint density at radius 3 is 2.50 bits per heavy atom. The Hall–Kier alpha value is -3.43. The van der Waals surface area contributed by atoms with Gasteiger partial charge in [0, 0.05) is 24.0 Å². The van der Waals surface area contributed by atoms with Crippen LogP contribution in [0.1, 0.15) is 17.4 Å². The molecular weight excluding hydrogens is 468 g/mol. The summed E-state index contributed by atoms with van der Waals surface area (Å²) in [6.45, 7) is 2.65. The van der Waals surface area contributed by atoms with Gasteiger partial charge in [-0.2, -0.15) is 0 Å². The molecule has 0 fully saturated rings. The van der Waals surface area contributed by atoms with Crippen LogP contribution in [0.2, 0.25) is 0 Å². The maximum Gasteiger partial charge on any atom is 0.267 e. The van der Waals surface area contributed by atoms with Crippen LogP contribution < -0.4 is 10.9 Å². The van der Waals surface area contributed by atoms with Crippen LogP contribution >= 0.6 is 23.1 Å². The highest BCUT2D eigenvalue weighted by Crippen LogP contribution is 2.34. The number of nitrogens with zero attached hydrogens (tertiary/aromatic N) is 3. The number of hydrogen-bond donors (Lipinski definition) is 1. The first-order valence-electron chi connectivity index (χ1n) is 10.9. The van der Waals surface area contributed by atoms with Gasteiger partial charge in [0.15, 0.2) is 5.16 Å². The number of rotatable bonds is 5. The molecule has 1 aliphatic heterocycles. The zero-order chi connectivity index (χ0) is 23.7. The third-order valence-corrected chi connectivity index (χ3v) is 7.74. The van der Waals surface area contributed by atoms with Crippen LogP contribution in [0.5, 0.6) is 0 Å². The standard InChI is InChI=1S/C25H22N4O3S2/c1-16(30)28-13-12-19-20(14-28)34-23-22(19)24(32)29(18-10-6-3-7-11-18)25(27-23)33-15-21(31)26-17-8-4-2-5-9-17/h2-11H,12-15H2,1H3,(H,26,31). The molecule has 34 heavy (non-hydrogen) atoms. The molecule has 1 N–H and O–H groups in total. The van der Waals surface area contributed by atoms with Crippen molar-refractivity contribution < 1.29 is 9.59 Å². The number of hydrogen-bond acceptors (Lipinski definition) is 6. The summed E-state index contributed by atoms with van der Waals surface area (Å²) in [5.74, 6) is -0.0331. The molecule has 0 aliphatic carbocycles. The fourth-order valence-corrected chi connectivity index (χ4v) is 6.13. The fraction of sp³-hybridized carbons (Fsp3) is 0.200. The van der Waals surface area contributed by atoms with Crippen molar-refractivity contribution in [1.29, 1.82) is 0 Å². The van der Waals surface area contributed by atoms with E-state index in [1.807, 2.05) is 60.7 Å². The quantitative estimate of drug-likeness (QED) is 0.337. The number of thiophene rings is 1. The Balaban J connectivity index is 1.53. The van der Waals surface area contributed by atoms with Crippen molar-refractivity contribution >= 4 is 50.8 Å². The highest BCUT2D eigenvalue weighted by molar-refractivity contribution is 7.99. The van der Waals surface area contributed by atoms with Gasteiger partial charge in [0.25, 0.3) is 5.56 Å². The van der Waals surface area contributed by atoms with E-state index < -0.39 is 0 Å². The molecule has 0 atom stereocenters. The number of carbonyl (C=O) groups excluding carboxylic acids is 2. The number of aromatic nitrogens is 2. The molecule has 172 valence electrons. The Kier molecular flexibility index (Phi) is 6.21. The molecule has 2 amide bonds. The molecule has 0 unspecified atom stereocenters. The Bertz CT molecular complexity index is 1430. The Labute approximate surface area is 204 Å². The second kappa shape index (κ2) is 9.44. The van der Waals surface area contributed by atoms with Crippen LogP contribution in [0.3, 0.4) is 0 Å². The number of fused-ring (bicyclic) bond motifs is 3. The smallest absolute Gasteiger partial charge is 0.267 e. The van der Waals surface area contributed by atoms with Gasteiger partial charge in [-0.15, -0.1) is 11.3 Å². The number of benzene rings is 2. The number of carbonyl (C=O) groups is 2. The van der Waals surface area contributed by atoms with Crippen LogP contribution in [0, 0.1) is 0 Å². The zero-order valence-corrected chi connectivity index (χ0v) is 20.1. The number of anilines is 1. The van der Waals surface area contributed by atoms with Crippen LogP contribution in [0.4, 0.5) is 5.69 Å². The Morgan fingerprint density at radius 2 is 1.79 bits per heavy atom. The second-order valence-corrected chi connectivity index (χ2v) is 9.97. The molecule has 2 aromatic heterocycles. The van der Waals surface area contributed by atoms with Crippen molar-refractivity contribution in [1.82, 2.24) is 14.5 Å². The predicted molar refractivity (Wildman–Crippen MR) is 136 cm³/mol. The molecule has 9 heteroatoms. The maximum atomic E-state index is 13.8. The second-order valence-electron chi connectivity index (χ2n) is 7.95. The van der Waals surface area contributed by atoms with Gasteiger partial charge in [-0.1, -0.05) is 48.2 Å². The summed E-state index contributed by atoms with van der Waals surface area (Å²) in [5, 5.41) is 3.95. The summed E-state index contributed by atoms with van der Waals surface area (Å²) in [4.78, 5) is 46.5. The highest BCUT2D eigenvalue weighted by atomic mass is 32.2. The molecule has 0 bridgehead atoms. The summed E-state index contributed by atoms with van der Waals surface area (Å²) in [5.41, 5.74) is 2.26. The van der Waals surface area contributed by atoms with E-state index in [9.17, 15) is 14.4 Å². The van der Waals surface area contributed by atoms with Gasteiger partial charge >= 0.3 is 0 Å². The molecule has 1 aliphatic rings. The third kappa shape index (κ3) is 4.36. The lowest BCUT2D eigenvalue weighted by atomic mass is 10.1. The van der Waals surface area contributed by atoms with Crippen LogP contribution in [0.15, 0.2) is 70.6 Å². The van der Waals surface area contributed by atoms with E-state index in [2.05, 4.69) is 5.32 Å². The van der Waals surface area contributed by atoms with Crippen molar-refractivity contribution in [3.05, 3.63) is 81.5 Å². The first-order chi connectivity index (χ1) is 16.5. The molecule has 3 heterocycles. The third-order valence-electron chi connectivity index (χ3n) is 5.69. The molecule has 5 rings (SSSR count). The molecule has 4 aromatic rings. The minimum atomic E-state index is -0.173. The summed E-state index contributed by atoms with van der Waals surface area (Å²) in [7, 11) is 0. The first-order valence-corrected chi connectivity index (χ1v) is 12.7. The maximum absolute atomic E-state index is 13.8.